The number of carbonyl (C=O) groups excluding carboxylic acids is 1. The first-order chi connectivity index (χ1) is 9.73. The van der Waals surface area contributed by atoms with Crippen LogP contribution < -0.4 is 11.1 Å². The lowest BCUT2D eigenvalue weighted by atomic mass is 10.0. The second kappa shape index (κ2) is 6.69. The van der Waals surface area contributed by atoms with Crippen molar-refractivity contribution in [3.8, 4) is 0 Å². The molecule has 0 fully saturated rings. The van der Waals surface area contributed by atoms with Gasteiger partial charge in [0.15, 0.2) is 0 Å². The van der Waals surface area contributed by atoms with Gasteiger partial charge in [-0.3, -0.25) is 14.9 Å². The molecule has 1 rings (SSSR count). The maximum atomic E-state index is 12.1. The zero-order chi connectivity index (χ0) is 16.2. The molecule has 114 valence electrons. The molecule has 0 unspecified atom stereocenters. The molecule has 0 bridgehead atoms. The third-order valence-electron chi connectivity index (χ3n) is 2.83. The highest BCUT2D eigenvalue weighted by molar-refractivity contribution is 6.02. The molecule has 0 radical (unpaired) electrons. The number of rotatable bonds is 6. The van der Waals surface area contributed by atoms with Gasteiger partial charge in [0.1, 0.15) is 11.7 Å². The summed E-state index contributed by atoms with van der Waals surface area (Å²) >= 11 is 0. The van der Waals surface area contributed by atoms with E-state index in [1.165, 1.54) is 18.2 Å². The van der Waals surface area contributed by atoms with Gasteiger partial charge in [-0.1, -0.05) is 19.9 Å². The van der Waals surface area contributed by atoms with Gasteiger partial charge in [-0.15, -0.1) is 0 Å². The lowest BCUT2D eigenvalue weighted by Gasteiger charge is -2.17. The number of nitro groups is 1. The average Bonchev–Trinajstić information content (AvgIpc) is 2.36. The lowest BCUT2D eigenvalue weighted by molar-refractivity contribution is -0.383. The van der Waals surface area contributed by atoms with Gasteiger partial charge >= 0.3 is 5.97 Å². The van der Waals surface area contributed by atoms with Crippen molar-refractivity contribution in [2.45, 2.75) is 26.3 Å². The average molecular weight is 295 g/mol. The fourth-order valence-corrected chi connectivity index (χ4v) is 1.84. The largest absolute Gasteiger partial charge is 0.480 e. The number of aliphatic carboxylic acids is 1. The van der Waals surface area contributed by atoms with E-state index in [1.54, 1.807) is 0 Å². The van der Waals surface area contributed by atoms with E-state index in [1.807, 2.05) is 13.8 Å². The van der Waals surface area contributed by atoms with Crippen LogP contribution in [0.5, 0.6) is 0 Å². The molecule has 0 saturated carbocycles. The third-order valence-corrected chi connectivity index (χ3v) is 2.83. The predicted molar refractivity (Wildman–Crippen MR) is 75.9 cm³/mol. The van der Waals surface area contributed by atoms with Gasteiger partial charge in [-0.05, 0) is 18.4 Å². The monoisotopic (exact) mass is 295 g/mol. The Kier molecular flexibility index (Phi) is 5.23. The number of benzene rings is 1. The zero-order valence-electron chi connectivity index (χ0n) is 11.7. The number of amides is 1. The number of nitrogen functional groups attached to an aromatic ring is 1. The minimum atomic E-state index is -1.17. The number of nitrogens with zero attached hydrogens (tertiary/aromatic N) is 1. The molecule has 0 saturated heterocycles. The first kappa shape index (κ1) is 16.4. The van der Waals surface area contributed by atoms with Crippen LogP contribution in [0.15, 0.2) is 18.2 Å². The number of hydrogen-bond acceptors (Lipinski definition) is 5. The SMILES string of the molecule is CC(C)C[C@H](NC(=O)c1cccc([N+](=O)[O-])c1N)C(=O)O. The Bertz CT molecular complexity index is 571. The van der Waals surface area contributed by atoms with Crippen LogP contribution in [-0.4, -0.2) is 27.9 Å². The number of carboxylic acids is 1. The van der Waals surface area contributed by atoms with Gasteiger partial charge < -0.3 is 16.2 Å². The fraction of sp³-hybridized carbons (Fsp3) is 0.385. The van der Waals surface area contributed by atoms with Crippen molar-refractivity contribution in [2.24, 2.45) is 5.92 Å². The van der Waals surface area contributed by atoms with E-state index in [2.05, 4.69) is 5.32 Å². The van der Waals surface area contributed by atoms with E-state index in [9.17, 15) is 19.7 Å². The van der Waals surface area contributed by atoms with Gasteiger partial charge in [0.2, 0.25) is 0 Å². The van der Waals surface area contributed by atoms with Crippen LogP contribution in [0.2, 0.25) is 0 Å². The Morgan fingerprint density at radius 3 is 2.52 bits per heavy atom. The molecule has 0 aromatic heterocycles. The Labute approximate surface area is 121 Å². The van der Waals surface area contributed by atoms with Crippen molar-refractivity contribution < 1.29 is 19.6 Å². The first-order valence-electron chi connectivity index (χ1n) is 6.30. The second-order valence-electron chi connectivity index (χ2n) is 4.99. The van der Waals surface area contributed by atoms with Crippen molar-refractivity contribution in [1.82, 2.24) is 5.32 Å². The topological polar surface area (TPSA) is 136 Å². The van der Waals surface area contributed by atoms with Crippen LogP contribution in [0.4, 0.5) is 11.4 Å². The molecular formula is C13H17N3O5. The first-order valence-corrected chi connectivity index (χ1v) is 6.30. The number of hydrogen-bond donors (Lipinski definition) is 3. The molecule has 0 aliphatic rings. The van der Waals surface area contributed by atoms with Crippen molar-refractivity contribution >= 4 is 23.3 Å². The number of nitrogens with two attached hydrogens (primary N) is 1. The van der Waals surface area contributed by atoms with Crippen LogP contribution in [0.25, 0.3) is 0 Å². The molecule has 1 aromatic carbocycles. The molecule has 8 heteroatoms. The Morgan fingerprint density at radius 1 is 1.43 bits per heavy atom. The van der Waals surface area contributed by atoms with Crippen molar-refractivity contribution in [2.75, 3.05) is 5.73 Å². The van der Waals surface area contributed by atoms with Gasteiger partial charge in [0.05, 0.1) is 10.5 Å². The summed E-state index contributed by atoms with van der Waals surface area (Å²) in [6.45, 7) is 3.65. The second-order valence-corrected chi connectivity index (χ2v) is 4.99. The van der Waals surface area contributed by atoms with E-state index >= 15 is 0 Å². The summed E-state index contributed by atoms with van der Waals surface area (Å²) in [6.07, 6.45) is 0.246. The third kappa shape index (κ3) is 4.16. The summed E-state index contributed by atoms with van der Waals surface area (Å²) in [5.41, 5.74) is 4.80. The quantitative estimate of drug-likeness (QED) is 0.412. The molecule has 1 amide bonds. The minimum Gasteiger partial charge on any atom is -0.480 e. The molecule has 0 aliphatic carbocycles. The molecular weight excluding hydrogens is 278 g/mol. The van der Waals surface area contributed by atoms with Gasteiger partial charge in [0.25, 0.3) is 11.6 Å². The highest BCUT2D eigenvalue weighted by Gasteiger charge is 2.24. The number of anilines is 1. The van der Waals surface area contributed by atoms with Crippen molar-refractivity contribution in [1.29, 1.82) is 0 Å². The van der Waals surface area contributed by atoms with Gasteiger partial charge in [-0.25, -0.2) is 4.79 Å². The lowest BCUT2D eigenvalue weighted by Crippen LogP contribution is -2.41. The van der Waals surface area contributed by atoms with E-state index in [-0.39, 0.29) is 23.6 Å². The van der Waals surface area contributed by atoms with Crippen molar-refractivity contribution in [3.63, 3.8) is 0 Å². The number of nitro benzene ring substituents is 1. The van der Waals surface area contributed by atoms with Crippen molar-refractivity contribution in [3.05, 3.63) is 33.9 Å². The molecule has 0 heterocycles. The number of carboxylic acid groups (broad SMARTS) is 1. The zero-order valence-corrected chi connectivity index (χ0v) is 11.7. The van der Waals surface area contributed by atoms with E-state index < -0.39 is 28.5 Å². The van der Waals surface area contributed by atoms with Crippen LogP contribution in [0.1, 0.15) is 30.6 Å². The summed E-state index contributed by atoms with van der Waals surface area (Å²) in [4.78, 5) is 33.2. The Morgan fingerprint density at radius 2 is 2.05 bits per heavy atom. The van der Waals surface area contributed by atoms with E-state index in [0.717, 1.165) is 0 Å². The molecule has 4 N–H and O–H groups in total. The van der Waals surface area contributed by atoms with Crippen LogP contribution >= 0.6 is 0 Å². The highest BCUT2D eigenvalue weighted by Crippen LogP contribution is 2.24. The smallest absolute Gasteiger partial charge is 0.326 e. The maximum Gasteiger partial charge on any atom is 0.326 e. The minimum absolute atomic E-state index is 0.0638. The maximum absolute atomic E-state index is 12.1. The van der Waals surface area contributed by atoms with Crippen LogP contribution in [0, 0.1) is 16.0 Å². The molecule has 8 nitrogen and oxygen atoms in total. The van der Waals surface area contributed by atoms with Crippen LogP contribution in [0.3, 0.4) is 0 Å². The number of carbonyl (C=O) groups is 2. The summed E-state index contributed by atoms with van der Waals surface area (Å²) < 4.78 is 0. The molecule has 0 aliphatic heterocycles. The molecule has 21 heavy (non-hydrogen) atoms. The fourth-order valence-electron chi connectivity index (χ4n) is 1.84. The van der Waals surface area contributed by atoms with E-state index in [4.69, 9.17) is 10.8 Å². The standard InChI is InChI=1S/C13H17N3O5/c1-7(2)6-9(13(18)19)15-12(17)8-4-3-5-10(11(8)14)16(20)21/h3-5,7,9H,6,14H2,1-2H3,(H,15,17)(H,18,19)/t9-/m0/s1. The molecule has 1 aromatic rings. The summed E-state index contributed by atoms with van der Waals surface area (Å²) in [5, 5.41) is 22.2. The Hall–Kier alpha value is -2.64. The summed E-state index contributed by atoms with van der Waals surface area (Å²) in [7, 11) is 0. The molecule has 0 spiro atoms. The van der Waals surface area contributed by atoms with Gasteiger partial charge in [-0.2, -0.15) is 0 Å². The van der Waals surface area contributed by atoms with Crippen LogP contribution in [-0.2, 0) is 4.79 Å². The Balaban J connectivity index is 3.01. The summed E-state index contributed by atoms with van der Waals surface area (Å²) in [6, 6.07) is 2.74. The summed E-state index contributed by atoms with van der Waals surface area (Å²) in [5.74, 6) is -1.85. The predicted octanol–water partition coefficient (Wildman–Crippen LogP) is 1.41. The number of nitrogens with one attached hydrogen (secondary N) is 1. The number of para-hydroxylation sites is 1. The highest BCUT2D eigenvalue weighted by atomic mass is 16.6. The normalized spacial score (nSPS) is 12.0. The van der Waals surface area contributed by atoms with E-state index in [0.29, 0.717) is 0 Å². The van der Waals surface area contributed by atoms with Gasteiger partial charge in [0, 0.05) is 6.07 Å². The molecule has 1 atom stereocenters.